The number of piperidine rings is 1. The number of nitrogens with one attached hydrogen (secondary N) is 1. The first kappa shape index (κ1) is 18.8. The molecule has 1 aromatic heterocycles. The molecule has 1 amide bonds. The molecule has 1 saturated carbocycles. The summed E-state index contributed by atoms with van der Waals surface area (Å²) in [6, 6.07) is 8.12. The summed E-state index contributed by atoms with van der Waals surface area (Å²) in [5.74, 6) is 1.50. The fraction of sp³-hybridized carbons (Fsp3) is 0.524. The van der Waals surface area contributed by atoms with Gasteiger partial charge in [-0.15, -0.1) is 0 Å². The van der Waals surface area contributed by atoms with Gasteiger partial charge in [0.1, 0.15) is 17.2 Å². The zero-order valence-electron chi connectivity index (χ0n) is 16.6. The van der Waals surface area contributed by atoms with E-state index < -0.39 is 0 Å². The van der Waals surface area contributed by atoms with Crippen molar-refractivity contribution in [3.8, 4) is 11.5 Å². The van der Waals surface area contributed by atoms with E-state index in [1.807, 2.05) is 40.0 Å². The van der Waals surface area contributed by atoms with E-state index in [0.29, 0.717) is 18.3 Å². The van der Waals surface area contributed by atoms with Crippen molar-refractivity contribution in [1.82, 2.24) is 20.0 Å². The van der Waals surface area contributed by atoms with Gasteiger partial charge in [-0.25, -0.2) is 0 Å². The number of carbonyl (C=O) groups is 1. The molecule has 0 radical (unpaired) electrons. The van der Waals surface area contributed by atoms with Crippen LogP contribution in [0.3, 0.4) is 0 Å². The maximum absolute atomic E-state index is 13.2. The minimum Gasteiger partial charge on any atom is -0.497 e. The van der Waals surface area contributed by atoms with Crippen molar-refractivity contribution in [3.05, 3.63) is 41.7 Å². The molecular weight excluding hydrogens is 356 g/mol. The third-order valence-corrected chi connectivity index (χ3v) is 5.55. The van der Waals surface area contributed by atoms with E-state index in [2.05, 4.69) is 10.4 Å². The first-order chi connectivity index (χ1) is 13.7. The van der Waals surface area contributed by atoms with Gasteiger partial charge in [-0.2, -0.15) is 5.10 Å². The first-order valence-electron chi connectivity index (χ1n) is 9.97. The van der Waals surface area contributed by atoms with Gasteiger partial charge in [-0.05, 0) is 56.5 Å². The average molecular weight is 384 g/mol. The highest BCUT2D eigenvalue weighted by Gasteiger charge is 2.34. The van der Waals surface area contributed by atoms with E-state index in [4.69, 9.17) is 9.47 Å². The Labute approximate surface area is 165 Å². The monoisotopic (exact) mass is 384 g/mol. The lowest BCUT2D eigenvalue weighted by atomic mass is 10.1. The van der Waals surface area contributed by atoms with Crippen LogP contribution in [0.25, 0.3) is 0 Å². The summed E-state index contributed by atoms with van der Waals surface area (Å²) in [4.78, 5) is 15.2. The van der Waals surface area contributed by atoms with Crippen LogP contribution in [0, 0.1) is 0 Å². The number of methoxy groups -OCH3 is 2. The molecule has 2 aromatic rings. The average Bonchev–Trinajstić information content (AvgIpc) is 3.47. The quantitative estimate of drug-likeness (QED) is 0.795. The lowest BCUT2D eigenvalue weighted by Gasteiger charge is -2.24. The highest BCUT2D eigenvalue weighted by Crippen LogP contribution is 2.33. The van der Waals surface area contributed by atoms with Gasteiger partial charge >= 0.3 is 0 Å². The number of aromatic nitrogens is 2. The standard InChI is InChI=1S/C21H28N4O3/c1-27-18-7-8-20(28-2)15(12-18)14-24(16-5-6-16)21(26)19-9-11-25(23-19)17-4-3-10-22-13-17/h7-9,11-12,16-17,22H,3-6,10,13-14H2,1-2H3. The van der Waals surface area contributed by atoms with Gasteiger partial charge in [0, 0.05) is 24.3 Å². The molecule has 1 N–H and O–H groups in total. The molecule has 0 spiro atoms. The number of rotatable bonds is 7. The van der Waals surface area contributed by atoms with Crippen LogP contribution < -0.4 is 14.8 Å². The molecule has 150 valence electrons. The summed E-state index contributed by atoms with van der Waals surface area (Å²) in [6.45, 7) is 2.45. The lowest BCUT2D eigenvalue weighted by molar-refractivity contribution is 0.0721. The Morgan fingerprint density at radius 1 is 1.25 bits per heavy atom. The van der Waals surface area contributed by atoms with Crippen LogP contribution in [0.1, 0.15) is 47.8 Å². The maximum Gasteiger partial charge on any atom is 0.274 e. The molecule has 1 aliphatic carbocycles. The largest absolute Gasteiger partial charge is 0.497 e. The zero-order valence-corrected chi connectivity index (χ0v) is 16.6. The Kier molecular flexibility index (Phi) is 5.52. The fourth-order valence-electron chi connectivity index (χ4n) is 3.80. The highest BCUT2D eigenvalue weighted by molar-refractivity contribution is 5.92. The number of hydrogen-bond donors (Lipinski definition) is 1. The van der Waals surface area contributed by atoms with Crippen LogP contribution in [0.2, 0.25) is 0 Å². The van der Waals surface area contributed by atoms with Crippen LogP contribution in [0.4, 0.5) is 0 Å². The lowest BCUT2D eigenvalue weighted by Crippen LogP contribution is -2.34. The molecule has 1 saturated heterocycles. The number of amides is 1. The number of benzene rings is 1. The van der Waals surface area contributed by atoms with Crippen molar-refractivity contribution in [2.75, 3.05) is 27.3 Å². The predicted octanol–water partition coefficient (Wildman–Crippen LogP) is 2.63. The topological polar surface area (TPSA) is 68.6 Å². The Morgan fingerprint density at radius 2 is 2.11 bits per heavy atom. The Bertz CT molecular complexity index is 825. The Hall–Kier alpha value is -2.54. The van der Waals surface area contributed by atoms with E-state index in [1.165, 1.54) is 0 Å². The predicted molar refractivity (Wildman–Crippen MR) is 106 cm³/mol. The van der Waals surface area contributed by atoms with E-state index in [0.717, 1.165) is 55.8 Å². The molecule has 2 fully saturated rings. The molecule has 1 unspecified atom stereocenters. The van der Waals surface area contributed by atoms with Crippen LogP contribution in [0.5, 0.6) is 11.5 Å². The molecule has 7 heteroatoms. The van der Waals surface area contributed by atoms with E-state index in [-0.39, 0.29) is 11.9 Å². The van der Waals surface area contributed by atoms with Gasteiger partial charge < -0.3 is 19.7 Å². The van der Waals surface area contributed by atoms with E-state index in [9.17, 15) is 4.79 Å². The van der Waals surface area contributed by atoms with E-state index in [1.54, 1.807) is 14.2 Å². The minimum absolute atomic E-state index is 0.0186. The van der Waals surface area contributed by atoms with Crippen molar-refractivity contribution in [2.45, 2.75) is 44.3 Å². The Morgan fingerprint density at radius 3 is 2.79 bits per heavy atom. The zero-order chi connectivity index (χ0) is 19.5. The van der Waals surface area contributed by atoms with Crippen molar-refractivity contribution < 1.29 is 14.3 Å². The minimum atomic E-state index is -0.0186. The third-order valence-electron chi connectivity index (χ3n) is 5.55. The number of ether oxygens (including phenoxy) is 2. The van der Waals surface area contributed by atoms with Crippen molar-refractivity contribution in [3.63, 3.8) is 0 Å². The summed E-state index contributed by atoms with van der Waals surface area (Å²) in [7, 11) is 3.29. The van der Waals surface area contributed by atoms with Crippen LogP contribution in [-0.4, -0.2) is 53.9 Å². The number of carbonyl (C=O) groups excluding carboxylic acids is 1. The molecule has 1 aliphatic heterocycles. The van der Waals surface area contributed by atoms with Crippen molar-refractivity contribution in [1.29, 1.82) is 0 Å². The number of hydrogen-bond acceptors (Lipinski definition) is 5. The fourth-order valence-corrected chi connectivity index (χ4v) is 3.80. The molecule has 2 aliphatic rings. The SMILES string of the molecule is COc1ccc(OC)c(CN(C(=O)c2ccn(C3CCCNC3)n2)C2CC2)c1. The maximum atomic E-state index is 13.2. The van der Waals surface area contributed by atoms with Gasteiger partial charge in [0.2, 0.25) is 0 Å². The highest BCUT2D eigenvalue weighted by atomic mass is 16.5. The summed E-state index contributed by atoms with van der Waals surface area (Å²) in [5.41, 5.74) is 1.46. The second kappa shape index (κ2) is 8.22. The first-order valence-corrected chi connectivity index (χ1v) is 9.97. The van der Waals surface area contributed by atoms with E-state index >= 15 is 0 Å². The normalized spacial score (nSPS) is 19.3. The van der Waals surface area contributed by atoms with Crippen molar-refractivity contribution >= 4 is 5.91 Å². The molecule has 2 heterocycles. The molecule has 0 bridgehead atoms. The van der Waals surface area contributed by atoms with Crippen molar-refractivity contribution in [2.24, 2.45) is 0 Å². The molecule has 4 rings (SSSR count). The molecular formula is C21H28N4O3. The van der Waals surface area contributed by atoms with Crippen LogP contribution in [0.15, 0.2) is 30.5 Å². The molecule has 1 atom stereocenters. The second-order valence-electron chi connectivity index (χ2n) is 7.52. The van der Waals surface area contributed by atoms with Crippen LogP contribution >= 0.6 is 0 Å². The van der Waals surface area contributed by atoms with Gasteiger partial charge in [0.25, 0.3) is 5.91 Å². The molecule has 7 nitrogen and oxygen atoms in total. The van der Waals surface area contributed by atoms with Gasteiger partial charge in [-0.3, -0.25) is 9.48 Å². The van der Waals surface area contributed by atoms with Gasteiger partial charge in [0.05, 0.1) is 26.8 Å². The van der Waals surface area contributed by atoms with Crippen LogP contribution in [-0.2, 0) is 6.54 Å². The Balaban J connectivity index is 1.54. The second-order valence-corrected chi connectivity index (χ2v) is 7.52. The molecule has 28 heavy (non-hydrogen) atoms. The third kappa shape index (κ3) is 3.99. The summed E-state index contributed by atoms with van der Waals surface area (Å²) in [5, 5.41) is 8.01. The molecule has 1 aromatic carbocycles. The smallest absolute Gasteiger partial charge is 0.274 e. The summed E-state index contributed by atoms with van der Waals surface area (Å²) < 4.78 is 12.8. The number of nitrogens with zero attached hydrogens (tertiary/aromatic N) is 3. The summed E-state index contributed by atoms with van der Waals surface area (Å²) in [6.07, 6.45) is 6.23. The van der Waals surface area contributed by atoms with Gasteiger partial charge in [-0.1, -0.05) is 0 Å². The van der Waals surface area contributed by atoms with Gasteiger partial charge in [0.15, 0.2) is 0 Å². The summed E-state index contributed by atoms with van der Waals surface area (Å²) >= 11 is 0.